The van der Waals surface area contributed by atoms with E-state index in [0.717, 1.165) is 25.8 Å². The van der Waals surface area contributed by atoms with Crippen LogP contribution in [0.15, 0.2) is 0 Å². The van der Waals surface area contributed by atoms with Crippen molar-refractivity contribution in [3.63, 3.8) is 0 Å². The molecule has 0 aromatic carbocycles. The quantitative estimate of drug-likeness (QED) is 0.750. The average molecular weight is 197 g/mol. The van der Waals surface area contributed by atoms with Crippen LogP contribution in [0.25, 0.3) is 0 Å². The molecule has 1 aliphatic heterocycles. The molecule has 1 heterocycles. The normalized spacial score (nSPS) is 29.9. The average Bonchev–Trinajstić information content (AvgIpc) is 2.18. The van der Waals surface area contributed by atoms with Crippen molar-refractivity contribution in [1.82, 2.24) is 5.32 Å². The minimum atomic E-state index is -0.229. The molecule has 0 aliphatic carbocycles. The Morgan fingerprint density at radius 2 is 2.21 bits per heavy atom. The molecule has 2 unspecified atom stereocenters. The highest BCUT2D eigenvalue weighted by molar-refractivity contribution is 5.89. The van der Waals surface area contributed by atoms with Gasteiger partial charge < -0.3 is 5.32 Å². The van der Waals surface area contributed by atoms with Gasteiger partial charge in [-0.05, 0) is 39.2 Å². The number of ketones is 1. The second-order valence-corrected chi connectivity index (χ2v) is 4.77. The fourth-order valence-electron chi connectivity index (χ4n) is 2.37. The molecule has 0 bridgehead atoms. The van der Waals surface area contributed by atoms with Gasteiger partial charge in [0.25, 0.3) is 0 Å². The Kier molecular flexibility index (Phi) is 4.11. The molecule has 0 saturated carbocycles. The molecule has 0 radical (unpaired) electrons. The lowest BCUT2D eigenvalue weighted by Crippen LogP contribution is -2.54. The van der Waals surface area contributed by atoms with E-state index in [1.54, 1.807) is 0 Å². The second kappa shape index (κ2) is 4.92. The summed E-state index contributed by atoms with van der Waals surface area (Å²) in [5.74, 6) is 0.634. The third-order valence-corrected chi connectivity index (χ3v) is 3.33. The van der Waals surface area contributed by atoms with Crippen molar-refractivity contribution in [2.24, 2.45) is 5.92 Å². The maximum Gasteiger partial charge on any atom is 0.155 e. The highest BCUT2D eigenvalue weighted by Gasteiger charge is 2.36. The zero-order chi connectivity index (χ0) is 10.6. The molecule has 2 atom stereocenters. The molecule has 1 aliphatic rings. The first-order valence-corrected chi connectivity index (χ1v) is 5.89. The van der Waals surface area contributed by atoms with Crippen LogP contribution in [0.1, 0.15) is 52.9 Å². The minimum absolute atomic E-state index is 0.218. The van der Waals surface area contributed by atoms with E-state index in [1.165, 1.54) is 12.8 Å². The number of rotatable bonds is 4. The SMILES string of the molecule is CCCC(C)C(=O)C1(C)CCCCN1. The maximum absolute atomic E-state index is 12.1. The van der Waals surface area contributed by atoms with Crippen LogP contribution in [0.4, 0.5) is 0 Å². The van der Waals surface area contributed by atoms with Gasteiger partial charge in [-0.25, -0.2) is 0 Å². The van der Waals surface area contributed by atoms with E-state index in [-0.39, 0.29) is 11.5 Å². The van der Waals surface area contributed by atoms with Crippen LogP contribution in [-0.4, -0.2) is 17.9 Å². The van der Waals surface area contributed by atoms with Crippen LogP contribution in [0.5, 0.6) is 0 Å². The lowest BCUT2D eigenvalue weighted by atomic mass is 9.80. The smallest absolute Gasteiger partial charge is 0.155 e. The zero-order valence-corrected chi connectivity index (χ0v) is 9.73. The van der Waals surface area contributed by atoms with E-state index in [0.29, 0.717) is 5.78 Å². The summed E-state index contributed by atoms with van der Waals surface area (Å²) in [5, 5.41) is 3.39. The van der Waals surface area contributed by atoms with Gasteiger partial charge in [0, 0.05) is 5.92 Å². The Bertz CT molecular complexity index is 194. The third-order valence-electron chi connectivity index (χ3n) is 3.33. The van der Waals surface area contributed by atoms with E-state index in [9.17, 15) is 4.79 Å². The summed E-state index contributed by atoms with van der Waals surface area (Å²) in [7, 11) is 0. The van der Waals surface area contributed by atoms with Gasteiger partial charge in [-0.1, -0.05) is 20.3 Å². The van der Waals surface area contributed by atoms with Crippen molar-refractivity contribution in [3.05, 3.63) is 0 Å². The summed E-state index contributed by atoms with van der Waals surface area (Å²) < 4.78 is 0. The van der Waals surface area contributed by atoms with E-state index in [4.69, 9.17) is 0 Å². The van der Waals surface area contributed by atoms with Gasteiger partial charge in [0.2, 0.25) is 0 Å². The molecule has 0 amide bonds. The van der Waals surface area contributed by atoms with Gasteiger partial charge in [0.15, 0.2) is 5.78 Å². The van der Waals surface area contributed by atoms with E-state index in [1.807, 2.05) is 0 Å². The molecular formula is C12H23NO. The number of carbonyl (C=O) groups excluding carboxylic acids is 1. The predicted octanol–water partition coefficient (Wildman–Crippen LogP) is 2.52. The molecule has 14 heavy (non-hydrogen) atoms. The molecule has 1 saturated heterocycles. The number of carbonyl (C=O) groups is 1. The summed E-state index contributed by atoms with van der Waals surface area (Å²) in [6.45, 7) is 7.27. The Hall–Kier alpha value is -0.370. The predicted molar refractivity (Wildman–Crippen MR) is 59.3 cm³/mol. The van der Waals surface area contributed by atoms with Gasteiger partial charge in [-0.3, -0.25) is 4.79 Å². The van der Waals surface area contributed by atoms with Gasteiger partial charge >= 0.3 is 0 Å². The van der Waals surface area contributed by atoms with Crippen LogP contribution < -0.4 is 5.32 Å². The zero-order valence-electron chi connectivity index (χ0n) is 9.73. The molecule has 1 N–H and O–H groups in total. The largest absolute Gasteiger partial charge is 0.305 e. The van der Waals surface area contributed by atoms with Gasteiger partial charge in [-0.15, -0.1) is 0 Å². The second-order valence-electron chi connectivity index (χ2n) is 4.77. The summed E-state index contributed by atoms with van der Waals surface area (Å²) in [5.41, 5.74) is -0.229. The number of hydrogen-bond acceptors (Lipinski definition) is 2. The molecule has 1 rings (SSSR count). The van der Waals surface area contributed by atoms with Crippen molar-refractivity contribution in [1.29, 1.82) is 0 Å². The number of nitrogens with one attached hydrogen (secondary N) is 1. The standard InChI is InChI=1S/C12H23NO/c1-4-7-10(2)11(14)12(3)8-5-6-9-13-12/h10,13H,4-9H2,1-3H3. The molecule has 82 valence electrons. The number of Topliss-reactive ketones (excluding diaryl/α,β-unsaturated/α-hetero) is 1. The molecular weight excluding hydrogens is 174 g/mol. The van der Waals surface area contributed by atoms with E-state index in [2.05, 4.69) is 26.1 Å². The molecule has 2 nitrogen and oxygen atoms in total. The van der Waals surface area contributed by atoms with Crippen LogP contribution in [0, 0.1) is 5.92 Å². The van der Waals surface area contributed by atoms with Crippen molar-refractivity contribution in [2.45, 2.75) is 58.4 Å². The third kappa shape index (κ3) is 2.57. The van der Waals surface area contributed by atoms with Gasteiger partial charge in [-0.2, -0.15) is 0 Å². The summed E-state index contributed by atoms with van der Waals surface area (Å²) in [6.07, 6.45) is 5.54. The summed E-state index contributed by atoms with van der Waals surface area (Å²) >= 11 is 0. The van der Waals surface area contributed by atoms with Crippen LogP contribution in [0.3, 0.4) is 0 Å². The molecule has 0 aromatic heterocycles. The maximum atomic E-state index is 12.1. The number of piperidine rings is 1. The molecule has 0 aromatic rings. The van der Waals surface area contributed by atoms with Crippen LogP contribution >= 0.6 is 0 Å². The lowest BCUT2D eigenvalue weighted by molar-refractivity contribution is -0.129. The monoisotopic (exact) mass is 197 g/mol. The van der Waals surface area contributed by atoms with Gasteiger partial charge in [0.05, 0.1) is 5.54 Å². The van der Waals surface area contributed by atoms with E-state index < -0.39 is 0 Å². The van der Waals surface area contributed by atoms with Crippen molar-refractivity contribution < 1.29 is 4.79 Å². The highest BCUT2D eigenvalue weighted by Crippen LogP contribution is 2.24. The van der Waals surface area contributed by atoms with Crippen LogP contribution in [-0.2, 0) is 4.79 Å². The minimum Gasteiger partial charge on any atom is -0.305 e. The first-order chi connectivity index (χ1) is 6.60. The van der Waals surface area contributed by atoms with Crippen molar-refractivity contribution in [2.75, 3.05) is 6.54 Å². The first kappa shape index (κ1) is 11.7. The summed E-state index contributed by atoms with van der Waals surface area (Å²) in [6, 6.07) is 0. The summed E-state index contributed by atoms with van der Waals surface area (Å²) in [4.78, 5) is 12.1. The number of hydrogen-bond donors (Lipinski definition) is 1. The van der Waals surface area contributed by atoms with Crippen LogP contribution in [0.2, 0.25) is 0 Å². The fourth-order valence-corrected chi connectivity index (χ4v) is 2.37. The van der Waals surface area contributed by atoms with Crippen molar-refractivity contribution >= 4 is 5.78 Å². The Labute approximate surface area is 87.5 Å². The van der Waals surface area contributed by atoms with Crippen molar-refractivity contribution in [3.8, 4) is 0 Å². The fraction of sp³-hybridized carbons (Fsp3) is 0.917. The molecule has 2 heteroatoms. The Morgan fingerprint density at radius 1 is 1.50 bits per heavy atom. The topological polar surface area (TPSA) is 29.1 Å². The van der Waals surface area contributed by atoms with E-state index >= 15 is 0 Å². The highest BCUT2D eigenvalue weighted by atomic mass is 16.1. The lowest BCUT2D eigenvalue weighted by Gasteiger charge is -2.35. The molecule has 0 spiro atoms. The molecule has 1 fully saturated rings. The Balaban J connectivity index is 2.56. The van der Waals surface area contributed by atoms with Gasteiger partial charge in [0.1, 0.15) is 0 Å². The Morgan fingerprint density at radius 3 is 2.71 bits per heavy atom. The first-order valence-electron chi connectivity index (χ1n) is 5.89.